The van der Waals surface area contributed by atoms with E-state index in [1.54, 1.807) is 0 Å². The molecule has 1 aromatic rings. The zero-order valence-electron chi connectivity index (χ0n) is 9.17. The Morgan fingerprint density at radius 1 is 0.867 bits per heavy atom. The van der Waals surface area contributed by atoms with Crippen LogP contribution in [0.2, 0.25) is 0 Å². The molecular weight excluding hydrogens is 180 g/mol. The smallest absolute Gasteiger partial charge is 0.0193 e. The lowest BCUT2D eigenvalue weighted by Gasteiger charge is -2.11. The summed E-state index contributed by atoms with van der Waals surface area (Å²) >= 11 is 0. The van der Waals surface area contributed by atoms with E-state index in [4.69, 9.17) is 0 Å². The number of benzene rings is 1. The molecule has 1 unspecified atom stereocenters. The zero-order chi connectivity index (χ0) is 9.84. The Bertz CT molecular complexity index is 243. The molecule has 0 fully saturated rings. The van der Waals surface area contributed by atoms with Gasteiger partial charge in [0.15, 0.2) is 0 Å². The Hall–Kier alpha value is -0.780. The van der Waals surface area contributed by atoms with Crippen LogP contribution in [0, 0.1) is 0 Å². The number of rotatable bonds is 3. The molecule has 0 amide bonds. The minimum atomic E-state index is 0. The summed E-state index contributed by atoms with van der Waals surface area (Å²) < 4.78 is 0. The highest BCUT2D eigenvalue weighted by atomic mass is 14.1. The molecule has 0 aliphatic heterocycles. The van der Waals surface area contributed by atoms with Gasteiger partial charge < -0.3 is 0 Å². The van der Waals surface area contributed by atoms with Crippen molar-refractivity contribution in [1.82, 2.24) is 0 Å². The molecule has 1 rings (SSSR count). The Morgan fingerprint density at radius 2 is 1.27 bits per heavy atom. The van der Waals surface area contributed by atoms with E-state index < -0.39 is 0 Å². The Labute approximate surface area is 96.7 Å². The highest BCUT2D eigenvalue weighted by Gasteiger charge is 2.03. The van der Waals surface area contributed by atoms with Crippen molar-refractivity contribution in [2.75, 3.05) is 0 Å². The minimum absolute atomic E-state index is 0. The van der Waals surface area contributed by atoms with Crippen molar-refractivity contribution in [1.29, 1.82) is 0 Å². The van der Waals surface area contributed by atoms with E-state index in [9.17, 15) is 0 Å². The van der Waals surface area contributed by atoms with Gasteiger partial charge in [-0.1, -0.05) is 66.8 Å². The third kappa shape index (κ3) is 4.51. The second-order valence-corrected chi connectivity index (χ2v) is 4.13. The third-order valence-corrected chi connectivity index (χ3v) is 2.78. The fourth-order valence-electron chi connectivity index (χ4n) is 1.45. The van der Waals surface area contributed by atoms with E-state index in [2.05, 4.69) is 52.0 Å². The van der Waals surface area contributed by atoms with Crippen LogP contribution in [-0.2, 0) is 0 Å². The quantitative estimate of drug-likeness (QED) is 0.607. The molecule has 0 bridgehead atoms. The lowest BCUT2D eigenvalue weighted by molar-refractivity contribution is 0.732. The molecule has 0 heterocycles. The highest BCUT2D eigenvalue weighted by Crippen LogP contribution is 2.21. The van der Waals surface area contributed by atoms with Crippen molar-refractivity contribution in [2.24, 2.45) is 0 Å². The topological polar surface area (TPSA) is 0 Å². The lowest BCUT2D eigenvalue weighted by Crippen LogP contribution is -1.92. The molecule has 88 valence electrons. The maximum atomic E-state index is 2.28. The Balaban J connectivity index is 0. The number of hydrogen-bond acceptors (Lipinski definition) is 0. The second kappa shape index (κ2) is 7.50. The van der Waals surface area contributed by atoms with E-state index >= 15 is 0 Å². The maximum Gasteiger partial charge on any atom is -0.0193 e. The van der Waals surface area contributed by atoms with Gasteiger partial charge in [-0.3, -0.25) is 0 Å². The molecule has 1 aromatic carbocycles. The first-order valence-corrected chi connectivity index (χ1v) is 5.25. The van der Waals surface area contributed by atoms with Crippen molar-refractivity contribution < 1.29 is 0 Å². The molecule has 1 atom stereocenters. The average molecular weight is 208 g/mol. The van der Waals surface area contributed by atoms with E-state index in [0.29, 0.717) is 11.8 Å². The predicted molar refractivity (Wildman–Crippen MR) is 72.7 cm³/mol. The summed E-state index contributed by atoms with van der Waals surface area (Å²) in [5.74, 6) is 1.34. The van der Waals surface area contributed by atoms with Crippen LogP contribution in [0.1, 0.15) is 71.9 Å². The van der Waals surface area contributed by atoms with Crippen LogP contribution in [0.5, 0.6) is 0 Å². The van der Waals surface area contributed by atoms with Crippen molar-refractivity contribution >= 4 is 0 Å². The van der Waals surface area contributed by atoms with Gasteiger partial charge in [-0.2, -0.15) is 0 Å². The molecule has 15 heavy (non-hydrogen) atoms. The Morgan fingerprint density at radius 3 is 1.60 bits per heavy atom. The van der Waals surface area contributed by atoms with Gasteiger partial charge in [0.1, 0.15) is 0 Å². The van der Waals surface area contributed by atoms with Gasteiger partial charge in [-0.15, -0.1) is 0 Å². The van der Waals surface area contributed by atoms with Crippen LogP contribution < -0.4 is 0 Å². The summed E-state index contributed by atoms with van der Waals surface area (Å²) in [6.45, 7) is 8.99. The van der Waals surface area contributed by atoms with E-state index in [1.807, 2.05) is 0 Å². The van der Waals surface area contributed by atoms with Gasteiger partial charge in [-0.25, -0.2) is 0 Å². The fourth-order valence-corrected chi connectivity index (χ4v) is 1.45. The van der Waals surface area contributed by atoms with Crippen LogP contribution in [0.4, 0.5) is 0 Å². The highest BCUT2D eigenvalue weighted by molar-refractivity contribution is 5.26. The van der Waals surface area contributed by atoms with Crippen LogP contribution >= 0.6 is 0 Å². The summed E-state index contributed by atoms with van der Waals surface area (Å²) in [6.07, 6.45) is 1.22. The van der Waals surface area contributed by atoms with Crippen molar-refractivity contribution in [3.8, 4) is 0 Å². The second-order valence-electron chi connectivity index (χ2n) is 4.13. The van der Waals surface area contributed by atoms with Gasteiger partial charge in [0.05, 0.1) is 0 Å². The van der Waals surface area contributed by atoms with Crippen molar-refractivity contribution in [3.63, 3.8) is 0 Å². The molecule has 0 aliphatic rings. The summed E-state index contributed by atoms with van der Waals surface area (Å²) in [7, 11) is 0. The number of hydrogen-bond donors (Lipinski definition) is 0. The van der Waals surface area contributed by atoms with Gasteiger partial charge in [0.25, 0.3) is 0 Å². The van der Waals surface area contributed by atoms with E-state index in [1.165, 1.54) is 17.5 Å². The third-order valence-electron chi connectivity index (χ3n) is 2.78. The van der Waals surface area contributed by atoms with Crippen LogP contribution in [0.3, 0.4) is 0 Å². The standard InChI is InChI=1S/C13H20.2CH4/c1-5-11(4)13-8-6-12(7-9-13)10(2)3;;/h6-11H,5H2,1-4H3;2*1H4. The zero-order valence-corrected chi connectivity index (χ0v) is 9.17. The van der Waals surface area contributed by atoms with Gasteiger partial charge in [0.2, 0.25) is 0 Å². The summed E-state index contributed by atoms with van der Waals surface area (Å²) in [5, 5.41) is 0. The van der Waals surface area contributed by atoms with Crippen LogP contribution in [0.25, 0.3) is 0 Å². The fraction of sp³-hybridized carbons (Fsp3) is 0.600. The molecular formula is C15H28. The normalized spacial score (nSPS) is 11.5. The SMILES string of the molecule is C.C.CCC(C)c1ccc(C(C)C)cc1. The monoisotopic (exact) mass is 208 g/mol. The first-order chi connectivity index (χ1) is 6.15. The molecule has 0 saturated carbocycles. The molecule has 0 spiro atoms. The molecule has 0 N–H and O–H groups in total. The average Bonchev–Trinajstić information content (AvgIpc) is 2.17. The van der Waals surface area contributed by atoms with Gasteiger partial charge >= 0.3 is 0 Å². The van der Waals surface area contributed by atoms with Crippen molar-refractivity contribution in [2.45, 2.75) is 60.8 Å². The van der Waals surface area contributed by atoms with Gasteiger partial charge in [0, 0.05) is 0 Å². The lowest BCUT2D eigenvalue weighted by atomic mass is 9.95. The first-order valence-electron chi connectivity index (χ1n) is 5.25. The molecule has 0 aromatic heterocycles. The molecule has 0 aliphatic carbocycles. The largest absolute Gasteiger partial charge is 0.0776 e. The van der Waals surface area contributed by atoms with E-state index in [-0.39, 0.29) is 14.9 Å². The molecule has 0 saturated heterocycles. The van der Waals surface area contributed by atoms with Crippen molar-refractivity contribution in [3.05, 3.63) is 35.4 Å². The molecule has 0 radical (unpaired) electrons. The van der Waals surface area contributed by atoms with Crippen LogP contribution in [0.15, 0.2) is 24.3 Å². The predicted octanol–water partition coefficient (Wildman–Crippen LogP) is 5.60. The first kappa shape index (κ1) is 16.6. The summed E-state index contributed by atoms with van der Waals surface area (Å²) in [6, 6.07) is 9.05. The summed E-state index contributed by atoms with van der Waals surface area (Å²) in [5.41, 5.74) is 2.90. The minimum Gasteiger partial charge on any atom is -0.0776 e. The summed E-state index contributed by atoms with van der Waals surface area (Å²) in [4.78, 5) is 0. The van der Waals surface area contributed by atoms with Gasteiger partial charge in [-0.05, 0) is 29.4 Å². The van der Waals surface area contributed by atoms with E-state index in [0.717, 1.165) is 0 Å². The van der Waals surface area contributed by atoms with Crippen LogP contribution in [-0.4, -0.2) is 0 Å². The molecule has 0 nitrogen and oxygen atoms in total. The Kier molecular flexibility index (Phi) is 8.33. The maximum absolute atomic E-state index is 2.28. The molecule has 0 heteroatoms.